The van der Waals surface area contributed by atoms with Gasteiger partial charge in [-0.2, -0.15) is 0 Å². The molecule has 3 heteroatoms. The number of para-hydroxylation sites is 1. The Kier molecular flexibility index (Phi) is 6.39. The first kappa shape index (κ1) is 27.9. The van der Waals surface area contributed by atoms with Gasteiger partial charge < -0.3 is 9.32 Å². The third kappa shape index (κ3) is 4.62. The molecule has 0 atom stereocenters. The van der Waals surface area contributed by atoms with Gasteiger partial charge in [-0.25, -0.2) is 0 Å². The summed E-state index contributed by atoms with van der Waals surface area (Å²) < 4.78 is 8.99. The van der Waals surface area contributed by atoms with E-state index >= 15 is 0 Å². The molecule has 0 fully saturated rings. The zero-order valence-electron chi connectivity index (χ0n) is 26.5. The maximum absolute atomic E-state index is 6.42. The first-order valence-corrected chi connectivity index (χ1v) is 17.4. The Labute approximate surface area is 287 Å². The molecule has 0 saturated heterocycles. The van der Waals surface area contributed by atoms with Crippen LogP contribution >= 0.6 is 11.3 Å². The van der Waals surface area contributed by atoms with Gasteiger partial charge in [-0.05, 0) is 82.1 Å². The number of rotatable bonds is 5. The summed E-state index contributed by atoms with van der Waals surface area (Å²) >= 11 is 1.85. The molecular weight excluding hydrogens is 615 g/mol. The van der Waals surface area contributed by atoms with E-state index in [2.05, 4.69) is 169 Å². The highest BCUT2D eigenvalue weighted by Crippen LogP contribution is 2.47. The minimum atomic E-state index is 0.892. The molecule has 2 heterocycles. The van der Waals surface area contributed by atoms with Crippen molar-refractivity contribution in [1.29, 1.82) is 0 Å². The number of nitrogens with zero attached hydrogens (tertiary/aromatic N) is 1. The predicted octanol–water partition coefficient (Wildman–Crippen LogP) is 13.9. The minimum Gasteiger partial charge on any atom is -0.456 e. The predicted molar refractivity (Wildman–Crippen MR) is 210 cm³/mol. The lowest BCUT2D eigenvalue weighted by atomic mass is 9.94. The molecule has 0 N–H and O–H groups in total. The monoisotopic (exact) mass is 643 g/mol. The fourth-order valence-electron chi connectivity index (χ4n) is 7.35. The average molecular weight is 644 g/mol. The smallest absolute Gasteiger partial charge is 0.136 e. The highest BCUT2D eigenvalue weighted by Gasteiger charge is 2.21. The zero-order valence-corrected chi connectivity index (χ0v) is 27.3. The molecule has 0 spiro atoms. The van der Waals surface area contributed by atoms with Crippen LogP contribution in [0.5, 0.6) is 0 Å². The van der Waals surface area contributed by atoms with Gasteiger partial charge in [0.05, 0.1) is 5.69 Å². The van der Waals surface area contributed by atoms with Crippen molar-refractivity contribution in [1.82, 2.24) is 0 Å². The summed E-state index contributed by atoms with van der Waals surface area (Å²) in [6, 6.07) is 63.3. The van der Waals surface area contributed by atoms with E-state index in [4.69, 9.17) is 4.42 Å². The van der Waals surface area contributed by atoms with Crippen molar-refractivity contribution in [2.75, 3.05) is 4.90 Å². The Bertz CT molecular complexity index is 2830. The number of furan rings is 1. The molecule has 2 nitrogen and oxygen atoms in total. The van der Waals surface area contributed by atoms with Crippen molar-refractivity contribution in [3.05, 3.63) is 176 Å². The van der Waals surface area contributed by atoms with Gasteiger partial charge in [-0.15, -0.1) is 11.3 Å². The Hall–Kier alpha value is -6.16. The quantitative estimate of drug-likeness (QED) is 0.186. The summed E-state index contributed by atoms with van der Waals surface area (Å²) in [6.45, 7) is 0. The molecule has 230 valence electrons. The molecular formula is C46H29NOS. The molecule has 0 aliphatic rings. The lowest BCUT2D eigenvalue weighted by molar-refractivity contribution is 0.669. The van der Waals surface area contributed by atoms with Crippen molar-refractivity contribution in [2.45, 2.75) is 0 Å². The normalized spacial score (nSPS) is 11.7. The third-order valence-corrected chi connectivity index (χ3v) is 10.8. The highest BCUT2D eigenvalue weighted by atomic mass is 32.1. The molecule has 0 unspecified atom stereocenters. The molecule has 10 aromatic rings. The van der Waals surface area contributed by atoms with E-state index in [0.29, 0.717) is 0 Å². The molecule has 0 aliphatic carbocycles. The van der Waals surface area contributed by atoms with Crippen molar-refractivity contribution < 1.29 is 4.42 Å². The summed E-state index contributed by atoms with van der Waals surface area (Å²) in [5.74, 6) is 0. The number of thiophene rings is 1. The molecule has 0 saturated carbocycles. The van der Waals surface area contributed by atoms with Gasteiger partial charge in [0.15, 0.2) is 0 Å². The lowest BCUT2D eigenvalue weighted by Gasteiger charge is -2.29. The van der Waals surface area contributed by atoms with E-state index < -0.39 is 0 Å². The summed E-state index contributed by atoms with van der Waals surface area (Å²) in [4.78, 5) is 2.42. The molecule has 0 amide bonds. The van der Waals surface area contributed by atoms with Crippen molar-refractivity contribution in [3.63, 3.8) is 0 Å². The maximum atomic E-state index is 6.42. The Morgan fingerprint density at radius 2 is 1.02 bits per heavy atom. The fourth-order valence-corrected chi connectivity index (χ4v) is 8.48. The fraction of sp³-hybridized carbons (Fsp3) is 0. The van der Waals surface area contributed by atoms with Crippen LogP contribution in [0.4, 0.5) is 17.1 Å². The van der Waals surface area contributed by atoms with Crippen LogP contribution in [0.2, 0.25) is 0 Å². The number of hydrogen-bond acceptors (Lipinski definition) is 3. The van der Waals surface area contributed by atoms with E-state index in [1.807, 2.05) is 23.5 Å². The van der Waals surface area contributed by atoms with E-state index in [9.17, 15) is 0 Å². The van der Waals surface area contributed by atoms with Gasteiger partial charge in [-0.1, -0.05) is 121 Å². The Morgan fingerprint density at radius 3 is 1.90 bits per heavy atom. The third-order valence-electron chi connectivity index (χ3n) is 9.67. The van der Waals surface area contributed by atoms with Gasteiger partial charge in [0.1, 0.15) is 11.2 Å². The number of fused-ring (bicyclic) bond motifs is 7. The van der Waals surface area contributed by atoms with Crippen LogP contribution in [0, 0.1) is 0 Å². The number of hydrogen-bond donors (Lipinski definition) is 0. The topological polar surface area (TPSA) is 16.4 Å². The summed E-state index contributed by atoms with van der Waals surface area (Å²) in [6.07, 6.45) is 0. The van der Waals surface area contributed by atoms with Crippen molar-refractivity contribution in [3.8, 4) is 22.3 Å². The SMILES string of the molecule is c1ccc(-c2ccc(N(c3ccc4c(c3)sc3ccccc34)c3ccc4ccccc4c3-c3ccc4c(c3)oc3ccccc34)cc2)cc1. The highest BCUT2D eigenvalue weighted by molar-refractivity contribution is 7.25. The van der Waals surface area contributed by atoms with Crippen LogP contribution in [0.25, 0.3) is 75.1 Å². The van der Waals surface area contributed by atoms with Crippen LogP contribution in [0.1, 0.15) is 0 Å². The first-order chi connectivity index (χ1) is 24.3. The maximum Gasteiger partial charge on any atom is 0.136 e. The van der Waals surface area contributed by atoms with Crippen molar-refractivity contribution in [2.24, 2.45) is 0 Å². The number of anilines is 3. The summed E-state index contributed by atoms with van der Waals surface area (Å²) in [5.41, 5.74) is 9.82. The van der Waals surface area contributed by atoms with E-state index in [1.165, 1.54) is 47.6 Å². The van der Waals surface area contributed by atoms with Gasteiger partial charge in [0.25, 0.3) is 0 Å². The second-order valence-electron chi connectivity index (χ2n) is 12.5. The summed E-state index contributed by atoms with van der Waals surface area (Å²) in [7, 11) is 0. The number of benzene rings is 8. The van der Waals surface area contributed by atoms with E-state index in [0.717, 1.165) is 44.6 Å². The van der Waals surface area contributed by atoms with Crippen LogP contribution < -0.4 is 4.90 Å². The van der Waals surface area contributed by atoms with Gasteiger partial charge in [0, 0.05) is 47.9 Å². The lowest BCUT2D eigenvalue weighted by Crippen LogP contribution is -2.11. The molecule has 0 bridgehead atoms. The standard InChI is InChI=1S/C46H29NOS/c1-2-10-30(11-3-1)31-18-22-34(23-19-31)47(35-24-26-40-39-15-7-9-17-44(39)49-45(40)29-35)41-27-21-32-12-4-5-13-36(32)46(41)33-20-25-38-37-14-6-8-16-42(37)48-43(38)28-33/h1-29H. The van der Waals surface area contributed by atoms with Crippen molar-refractivity contribution >= 4 is 81.3 Å². The zero-order chi connectivity index (χ0) is 32.3. The second-order valence-corrected chi connectivity index (χ2v) is 13.6. The Balaban J connectivity index is 1.23. The first-order valence-electron chi connectivity index (χ1n) is 16.6. The molecule has 0 aliphatic heterocycles. The Morgan fingerprint density at radius 1 is 0.388 bits per heavy atom. The van der Waals surface area contributed by atoms with Crippen LogP contribution in [-0.2, 0) is 0 Å². The second kappa shape index (κ2) is 11.2. The molecule has 49 heavy (non-hydrogen) atoms. The average Bonchev–Trinajstić information content (AvgIpc) is 3.73. The van der Waals surface area contributed by atoms with Crippen LogP contribution in [-0.4, -0.2) is 0 Å². The molecule has 8 aromatic carbocycles. The van der Waals surface area contributed by atoms with Crippen LogP contribution in [0.15, 0.2) is 180 Å². The van der Waals surface area contributed by atoms with Crippen LogP contribution in [0.3, 0.4) is 0 Å². The van der Waals surface area contributed by atoms with Gasteiger partial charge in [-0.3, -0.25) is 0 Å². The van der Waals surface area contributed by atoms with Gasteiger partial charge in [0.2, 0.25) is 0 Å². The van der Waals surface area contributed by atoms with E-state index in [-0.39, 0.29) is 0 Å². The van der Waals surface area contributed by atoms with E-state index in [1.54, 1.807) is 0 Å². The van der Waals surface area contributed by atoms with Gasteiger partial charge >= 0.3 is 0 Å². The molecule has 2 aromatic heterocycles. The summed E-state index contributed by atoms with van der Waals surface area (Å²) in [5, 5.41) is 7.26. The largest absolute Gasteiger partial charge is 0.456 e. The minimum absolute atomic E-state index is 0.892. The molecule has 0 radical (unpaired) electrons. The molecule has 10 rings (SSSR count).